The van der Waals surface area contributed by atoms with Crippen LogP contribution in [0, 0.1) is 0 Å². The molecule has 12 N–H and O–H groups in total. The molecule has 1 amide bonds. The summed E-state index contributed by atoms with van der Waals surface area (Å²) in [7, 11) is 0. The van der Waals surface area contributed by atoms with Crippen molar-refractivity contribution in [2.75, 3.05) is 26.4 Å². The predicted molar refractivity (Wildman–Crippen MR) is 273 cm³/mol. The number of unbranched alkanes of at least 4 members (excludes halogenated alkanes) is 23. The highest BCUT2D eigenvalue weighted by Gasteiger charge is 2.53. The van der Waals surface area contributed by atoms with E-state index in [0.29, 0.717) is 12.8 Å². The van der Waals surface area contributed by atoms with Crippen molar-refractivity contribution in [3.05, 3.63) is 12.2 Å². The molecule has 0 aromatic heterocycles. The number of ether oxygens (including phenoxy) is 6. The third-order valence-corrected chi connectivity index (χ3v) is 14.6. The molecule has 3 rings (SSSR count). The lowest BCUT2D eigenvalue weighted by atomic mass is 9.96. The van der Waals surface area contributed by atoms with Crippen molar-refractivity contribution >= 4 is 5.91 Å². The molecule has 0 bridgehead atoms. The topological polar surface area (TPSA) is 307 Å². The minimum Gasteiger partial charge on any atom is -0.394 e. The van der Waals surface area contributed by atoms with Gasteiger partial charge in [-0.2, -0.15) is 0 Å². The molecule has 0 aliphatic carbocycles. The smallest absolute Gasteiger partial charge is 0.220 e. The minimum atomic E-state index is -1.97. The van der Waals surface area contributed by atoms with Crippen LogP contribution in [-0.4, -0.2) is 193 Å². The van der Waals surface area contributed by atoms with Gasteiger partial charge in [0.15, 0.2) is 18.9 Å². The largest absolute Gasteiger partial charge is 0.394 e. The summed E-state index contributed by atoms with van der Waals surface area (Å²) in [5.74, 6) is -0.249. The first-order chi connectivity index (χ1) is 35.3. The molecule has 0 saturated carbocycles. The summed E-state index contributed by atoms with van der Waals surface area (Å²) < 4.78 is 34.2. The number of aliphatic hydroxyl groups is 11. The van der Waals surface area contributed by atoms with Gasteiger partial charge in [-0.1, -0.05) is 161 Å². The maximum atomic E-state index is 13.3. The quantitative estimate of drug-likeness (QED) is 0.0306. The fraction of sp³-hybridized carbons (Fsp3) is 0.944. The highest BCUT2D eigenvalue weighted by atomic mass is 16.8. The Labute approximate surface area is 436 Å². The van der Waals surface area contributed by atoms with Crippen molar-refractivity contribution < 1.29 is 89.4 Å². The zero-order valence-corrected chi connectivity index (χ0v) is 44.4. The summed E-state index contributed by atoms with van der Waals surface area (Å²) in [5.41, 5.74) is 0. The van der Waals surface area contributed by atoms with Crippen LogP contribution in [0.2, 0.25) is 0 Å². The Hall–Kier alpha value is -1.47. The van der Waals surface area contributed by atoms with E-state index >= 15 is 0 Å². The third kappa shape index (κ3) is 24.0. The second kappa shape index (κ2) is 39.0. The summed E-state index contributed by atoms with van der Waals surface area (Å²) >= 11 is 0. The minimum absolute atomic E-state index is 0.249. The van der Waals surface area contributed by atoms with Crippen molar-refractivity contribution in [3.8, 4) is 0 Å². The van der Waals surface area contributed by atoms with Crippen molar-refractivity contribution in [2.45, 2.75) is 298 Å². The first-order valence-electron chi connectivity index (χ1n) is 28.4. The van der Waals surface area contributed by atoms with Crippen molar-refractivity contribution in [1.82, 2.24) is 5.32 Å². The molecule has 73 heavy (non-hydrogen) atoms. The van der Waals surface area contributed by atoms with E-state index in [9.17, 15) is 61.0 Å². The summed E-state index contributed by atoms with van der Waals surface area (Å²) in [6.07, 6.45) is 8.86. The van der Waals surface area contributed by atoms with Crippen molar-refractivity contribution in [3.63, 3.8) is 0 Å². The van der Waals surface area contributed by atoms with Gasteiger partial charge in [-0.15, -0.1) is 0 Å². The number of carbonyl (C=O) groups excluding carboxylic acids is 1. The summed E-state index contributed by atoms with van der Waals surface area (Å²) in [4.78, 5) is 13.3. The number of nitrogens with one attached hydrogen (secondary N) is 1. The van der Waals surface area contributed by atoms with Crippen LogP contribution in [0.5, 0.6) is 0 Å². The molecule has 17 unspecified atom stereocenters. The Bertz CT molecular complexity index is 1400. The van der Waals surface area contributed by atoms with Gasteiger partial charge in [-0.05, 0) is 38.5 Å². The molecule has 0 aromatic carbocycles. The number of hydrogen-bond acceptors (Lipinski definition) is 18. The van der Waals surface area contributed by atoms with E-state index in [1.807, 2.05) is 0 Å². The van der Waals surface area contributed by atoms with E-state index in [0.717, 1.165) is 57.8 Å². The molecule has 3 aliphatic rings. The average Bonchev–Trinajstić information content (AvgIpc) is 3.39. The Morgan fingerprint density at radius 1 is 0.479 bits per heavy atom. The highest BCUT2D eigenvalue weighted by Crippen LogP contribution is 2.33. The van der Waals surface area contributed by atoms with Gasteiger partial charge in [0.1, 0.15) is 73.2 Å². The number of carbonyl (C=O) groups is 1. The maximum absolute atomic E-state index is 13.3. The predicted octanol–water partition coefficient (Wildman–Crippen LogP) is 3.82. The number of hydrogen-bond donors (Lipinski definition) is 12. The maximum Gasteiger partial charge on any atom is 0.220 e. The molecule has 19 heteroatoms. The molecule has 3 heterocycles. The van der Waals surface area contributed by atoms with E-state index in [-0.39, 0.29) is 18.9 Å². The van der Waals surface area contributed by atoms with Gasteiger partial charge < -0.3 is 89.9 Å². The van der Waals surface area contributed by atoms with Gasteiger partial charge in [0, 0.05) is 6.42 Å². The highest BCUT2D eigenvalue weighted by molar-refractivity contribution is 5.76. The molecule has 17 atom stereocenters. The Morgan fingerprint density at radius 3 is 1.33 bits per heavy atom. The first kappa shape index (κ1) is 65.8. The summed E-state index contributed by atoms with van der Waals surface area (Å²) in [5, 5.41) is 120. The Balaban J connectivity index is 1.50. The van der Waals surface area contributed by atoms with Gasteiger partial charge in [-0.25, -0.2) is 0 Å². The molecule has 3 aliphatic heterocycles. The van der Waals surface area contributed by atoms with Crippen LogP contribution >= 0.6 is 0 Å². The molecule has 3 fully saturated rings. The van der Waals surface area contributed by atoms with Crippen LogP contribution in [0.15, 0.2) is 12.2 Å². The zero-order chi connectivity index (χ0) is 53.4. The number of allylic oxidation sites excluding steroid dienone is 2. The molecule has 0 radical (unpaired) electrons. The second-order valence-electron chi connectivity index (χ2n) is 20.8. The summed E-state index contributed by atoms with van der Waals surface area (Å²) in [6.45, 7) is 1.75. The molecule has 430 valence electrons. The lowest BCUT2D eigenvalue weighted by molar-refractivity contribution is -0.379. The van der Waals surface area contributed by atoms with Gasteiger partial charge in [-0.3, -0.25) is 4.79 Å². The van der Waals surface area contributed by atoms with Gasteiger partial charge in [0.05, 0.1) is 38.6 Å². The lowest BCUT2D eigenvalue weighted by Crippen LogP contribution is -2.66. The molecule has 0 spiro atoms. The van der Waals surface area contributed by atoms with Crippen LogP contribution in [0.1, 0.15) is 194 Å². The van der Waals surface area contributed by atoms with Crippen LogP contribution in [-0.2, 0) is 33.2 Å². The fourth-order valence-corrected chi connectivity index (χ4v) is 9.84. The van der Waals surface area contributed by atoms with Crippen LogP contribution in [0.25, 0.3) is 0 Å². The van der Waals surface area contributed by atoms with E-state index < -0.39 is 124 Å². The average molecular weight is 1050 g/mol. The number of amides is 1. The Morgan fingerprint density at radius 2 is 0.863 bits per heavy atom. The normalized spacial score (nSPS) is 31.8. The Kier molecular flexibility index (Phi) is 35.1. The van der Waals surface area contributed by atoms with E-state index in [1.54, 1.807) is 0 Å². The first-order valence-corrected chi connectivity index (χ1v) is 28.4. The van der Waals surface area contributed by atoms with E-state index in [4.69, 9.17) is 28.4 Å². The number of aliphatic hydroxyl groups excluding tert-OH is 11. The summed E-state index contributed by atoms with van der Waals surface area (Å²) in [6, 6.07) is -0.883. The van der Waals surface area contributed by atoms with Crippen LogP contribution in [0.3, 0.4) is 0 Å². The van der Waals surface area contributed by atoms with Gasteiger partial charge in [0.2, 0.25) is 5.91 Å². The van der Waals surface area contributed by atoms with Gasteiger partial charge >= 0.3 is 0 Å². The zero-order valence-electron chi connectivity index (χ0n) is 44.4. The molecule has 3 saturated heterocycles. The molecular formula is C54H101NO18. The second-order valence-corrected chi connectivity index (χ2v) is 20.8. The molecule has 0 aromatic rings. The van der Waals surface area contributed by atoms with Crippen LogP contribution in [0.4, 0.5) is 0 Å². The number of rotatable bonds is 41. The van der Waals surface area contributed by atoms with Gasteiger partial charge in [0.25, 0.3) is 0 Å². The van der Waals surface area contributed by atoms with Crippen molar-refractivity contribution in [1.29, 1.82) is 0 Å². The monoisotopic (exact) mass is 1050 g/mol. The fourth-order valence-electron chi connectivity index (χ4n) is 9.84. The molecular weight excluding hydrogens is 951 g/mol. The van der Waals surface area contributed by atoms with E-state index in [2.05, 4.69) is 31.3 Å². The third-order valence-electron chi connectivity index (χ3n) is 14.6. The SMILES string of the molecule is CCCCCCCCC/C=C\CCCCCCCCCC(=O)NC(COC1OC(CO)C(OC2OC(CO)C(OC3OC(CO)C(O)C(O)C3O)C(O)C2O)C(O)C1O)C(O)CCCCCCCCCCCC. The lowest BCUT2D eigenvalue weighted by Gasteiger charge is -2.48. The van der Waals surface area contributed by atoms with Crippen molar-refractivity contribution in [2.24, 2.45) is 0 Å². The van der Waals surface area contributed by atoms with Crippen LogP contribution < -0.4 is 5.32 Å². The standard InChI is InChI=1S/C54H101NO18/c1-3-5-7-9-11-13-15-16-17-18-19-20-21-22-24-26-28-30-32-42(60)55-37(38(59)31-29-27-25-23-14-12-10-8-6-4-2)36-68-52-48(66)45(63)50(40(34-57)70-52)73-54-49(67)46(64)51(41(35-58)71-54)72-53-47(65)44(62)43(61)39(33-56)69-53/h17-18,37-41,43-54,56-59,61-67H,3-16,19-36H2,1-2H3,(H,55,60)/b18-17-. The van der Waals surface area contributed by atoms with E-state index in [1.165, 1.54) is 103 Å². The molecule has 19 nitrogen and oxygen atoms in total.